The van der Waals surface area contributed by atoms with Crippen LogP contribution in [0.4, 0.5) is 20.2 Å². The molecule has 220 valence electrons. The molecule has 0 aliphatic carbocycles. The van der Waals surface area contributed by atoms with E-state index in [1.807, 2.05) is 18.8 Å². The van der Waals surface area contributed by atoms with Gasteiger partial charge in [-0.2, -0.15) is 0 Å². The molecule has 4 rings (SSSR count). The second-order valence-corrected chi connectivity index (χ2v) is 13.1. The molecule has 1 amide bonds. The van der Waals surface area contributed by atoms with Gasteiger partial charge in [-0.1, -0.05) is 31.0 Å². The molecule has 2 aromatic heterocycles. The Labute approximate surface area is 242 Å². The SMILES string of the molecule is CCCS(=O)(=O)Nc1ccc(F)c(C(=O)Nc2cnc3c(c2)cc(C#CCN(C)C)n3S(=O)(=O)c2ccccc2)c1F. The van der Waals surface area contributed by atoms with Crippen LogP contribution in [0.25, 0.3) is 11.0 Å². The van der Waals surface area contributed by atoms with Gasteiger partial charge in [-0.25, -0.2) is 34.6 Å². The molecule has 0 saturated carbocycles. The number of sulfonamides is 1. The normalized spacial score (nSPS) is 11.8. The van der Waals surface area contributed by atoms with Crippen LogP contribution in [-0.4, -0.2) is 63.0 Å². The summed E-state index contributed by atoms with van der Waals surface area (Å²) in [6, 6.07) is 12.2. The minimum Gasteiger partial charge on any atom is -0.320 e. The van der Waals surface area contributed by atoms with Gasteiger partial charge in [-0.3, -0.25) is 14.4 Å². The van der Waals surface area contributed by atoms with E-state index >= 15 is 4.39 Å². The van der Waals surface area contributed by atoms with Crippen LogP contribution in [0.15, 0.2) is 65.7 Å². The summed E-state index contributed by atoms with van der Waals surface area (Å²) in [4.78, 5) is 19.0. The highest BCUT2D eigenvalue weighted by Crippen LogP contribution is 2.28. The van der Waals surface area contributed by atoms with Gasteiger partial charge in [0.05, 0.1) is 34.8 Å². The van der Waals surface area contributed by atoms with Crippen molar-refractivity contribution in [1.82, 2.24) is 13.9 Å². The van der Waals surface area contributed by atoms with Crippen molar-refractivity contribution < 1.29 is 30.4 Å². The first-order valence-corrected chi connectivity index (χ1v) is 15.7. The van der Waals surface area contributed by atoms with E-state index in [9.17, 15) is 26.0 Å². The molecule has 4 aromatic rings. The lowest BCUT2D eigenvalue weighted by Gasteiger charge is -2.12. The molecule has 0 spiro atoms. The van der Waals surface area contributed by atoms with Gasteiger partial charge < -0.3 is 5.32 Å². The molecule has 0 fully saturated rings. The number of hydrogen-bond donors (Lipinski definition) is 2. The van der Waals surface area contributed by atoms with Gasteiger partial charge in [-0.15, -0.1) is 0 Å². The van der Waals surface area contributed by atoms with Crippen molar-refractivity contribution in [3.63, 3.8) is 0 Å². The number of pyridine rings is 1. The molecule has 0 bridgehead atoms. The summed E-state index contributed by atoms with van der Waals surface area (Å²) in [5, 5.41) is 2.63. The lowest BCUT2D eigenvalue weighted by Crippen LogP contribution is -2.20. The average molecular weight is 616 g/mol. The highest BCUT2D eigenvalue weighted by Gasteiger charge is 2.25. The topological polar surface area (TPSA) is 130 Å². The first-order valence-electron chi connectivity index (χ1n) is 12.6. The second-order valence-electron chi connectivity index (χ2n) is 9.45. The Bertz CT molecular complexity index is 1930. The van der Waals surface area contributed by atoms with Crippen LogP contribution in [0.1, 0.15) is 29.4 Å². The maximum atomic E-state index is 15.1. The van der Waals surface area contributed by atoms with Gasteiger partial charge in [0.25, 0.3) is 15.9 Å². The molecule has 0 aliphatic rings. The smallest absolute Gasteiger partial charge is 0.270 e. The summed E-state index contributed by atoms with van der Waals surface area (Å²) < 4.78 is 84.0. The monoisotopic (exact) mass is 615 g/mol. The van der Waals surface area contributed by atoms with E-state index < -0.39 is 48.8 Å². The van der Waals surface area contributed by atoms with Crippen LogP contribution >= 0.6 is 0 Å². The number of carbonyl (C=O) groups excluding carboxylic acids is 1. The third-order valence-corrected chi connectivity index (χ3v) is 9.00. The lowest BCUT2D eigenvalue weighted by atomic mass is 10.1. The molecule has 14 heteroatoms. The van der Waals surface area contributed by atoms with E-state index in [-0.39, 0.29) is 39.5 Å². The Hall–Kier alpha value is -4.32. The van der Waals surface area contributed by atoms with Gasteiger partial charge in [0, 0.05) is 5.39 Å². The Morgan fingerprint density at radius 3 is 2.43 bits per heavy atom. The highest BCUT2D eigenvalue weighted by molar-refractivity contribution is 7.92. The van der Waals surface area contributed by atoms with Crippen molar-refractivity contribution in [3.05, 3.63) is 83.7 Å². The highest BCUT2D eigenvalue weighted by atomic mass is 32.2. The fraction of sp³-hybridized carbons (Fsp3) is 0.214. The van der Waals surface area contributed by atoms with Gasteiger partial charge in [0.1, 0.15) is 17.1 Å². The molecular weight excluding hydrogens is 588 g/mol. The number of amides is 1. The lowest BCUT2D eigenvalue weighted by molar-refractivity contribution is 0.101. The van der Waals surface area contributed by atoms with Crippen molar-refractivity contribution in [2.24, 2.45) is 0 Å². The number of aromatic nitrogens is 2. The average Bonchev–Trinajstić information content (AvgIpc) is 3.29. The number of rotatable bonds is 9. The van der Waals surface area contributed by atoms with Crippen LogP contribution in [0.2, 0.25) is 0 Å². The minimum absolute atomic E-state index is 0.00493. The quantitative estimate of drug-likeness (QED) is 0.274. The van der Waals surface area contributed by atoms with E-state index in [0.29, 0.717) is 6.54 Å². The number of anilines is 2. The zero-order valence-electron chi connectivity index (χ0n) is 22.9. The number of hydrogen-bond acceptors (Lipinski definition) is 7. The fourth-order valence-electron chi connectivity index (χ4n) is 3.98. The Kier molecular flexibility index (Phi) is 8.95. The maximum Gasteiger partial charge on any atom is 0.270 e. The molecule has 2 heterocycles. The summed E-state index contributed by atoms with van der Waals surface area (Å²) in [6.45, 7) is 1.97. The predicted octanol–water partition coefficient (Wildman–Crippen LogP) is 3.87. The zero-order valence-corrected chi connectivity index (χ0v) is 24.5. The summed E-state index contributed by atoms with van der Waals surface area (Å²) in [5.74, 6) is 1.65. The maximum absolute atomic E-state index is 15.1. The number of nitrogens with zero attached hydrogens (tertiary/aromatic N) is 3. The molecule has 2 aromatic carbocycles. The third-order valence-electron chi connectivity index (χ3n) is 5.81. The molecule has 2 N–H and O–H groups in total. The predicted molar refractivity (Wildman–Crippen MR) is 156 cm³/mol. The first-order chi connectivity index (χ1) is 19.8. The molecule has 42 heavy (non-hydrogen) atoms. The first kappa shape index (κ1) is 30.6. The number of fused-ring (bicyclic) bond motifs is 1. The minimum atomic E-state index is -4.12. The molecule has 0 saturated heterocycles. The summed E-state index contributed by atoms with van der Waals surface area (Å²) in [7, 11) is -4.42. The van der Waals surface area contributed by atoms with E-state index in [2.05, 4.69) is 22.1 Å². The summed E-state index contributed by atoms with van der Waals surface area (Å²) in [6.07, 6.45) is 1.40. The van der Waals surface area contributed by atoms with Crippen LogP contribution in [0.5, 0.6) is 0 Å². The van der Waals surface area contributed by atoms with E-state index in [0.717, 1.165) is 22.3 Å². The Morgan fingerprint density at radius 2 is 1.76 bits per heavy atom. The van der Waals surface area contributed by atoms with Crippen molar-refractivity contribution in [2.45, 2.75) is 18.2 Å². The Morgan fingerprint density at radius 1 is 1.05 bits per heavy atom. The summed E-state index contributed by atoms with van der Waals surface area (Å²) in [5.41, 5.74) is -1.43. The molecular formula is C28H27F2N5O5S2. The van der Waals surface area contributed by atoms with Crippen LogP contribution in [-0.2, 0) is 20.0 Å². The van der Waals surface area contributed by atoms with Crippen LogP contribution < -0.4 is 10.0 Å². The van der Waals surface area contributed by atoms with Crippen molar-refractivity contribution in [1.29, 1.82) is 0 Å². The van der Waals surface area contributed by atoms with Crippen LogP contribution in [0.3, 0.4) is 0 Å². The van der Waals surface area contributed by atoms with Crippen LogP contribution in [0, 0.1) is 23.5 Å². The van der Waals surface area contributed by atoms with Gasteiger partial charge >= 0.3 is 0 Å². The molecule has 0 radical (unpaired) electrons. The van der Waals surface area contributed by atoms with Crippen molar-refractivity contribution in [2.75, 3.05) is 36.4 Å². The zero-order chi connectivity index (χ0) is 30.7. The molecule has 0 aliphatic heterocycles. The van der Waals surface area contributed by atoms with E-state index in [1.54, 1.807) is 30.0 Å². The second kappa shape index (κ2) is 12.3. The fourth-order valence-corrected chi connectivity index (χ4v) is 6.56. The van der Waals surface area contributed by atoms with E-state index in [4.69, 9.17) is 0 Å². The molecule has 0 atom stereocenters. The standard InChI is InChI=1S/C28H27F2N5O5S2/c1-4-15-41(37,38)33-24-13-12-23(29)25(26(24)30)28(36)32-20-16-19-17-21(9-8-14-34(2)3)35(27(19)31-18-20)42(39,40)22-10-6-5-7-11-22/h5-7,10-13,16-18,33H,4,14-15H2,1-3H3,(H,32,36). The Balaban J connectivity index is 1.74. The van der Waals surface area contributed by atoms with Crippen molar-refractivity contribution in [3.8, 4) is 11.8 Å². The summed E-state index contributed by atoms with van der Waals surface area (Å²) >= 11 is 0. The number of halogens is 2. The van der Waals surface area contributed by atoms with E-state index in [1.165, 1.54) is 24.3 Å². The number of carbonyl (C=O) groups is 1. The van der Waals surface area contributed by atoms with Gasteiger partial charge in [0.2, 0.25) is 10.0 Å². The number of benzene rings is 2. The number of nitrogens with one attached hydrogen (secondary N) is 2. The molecule has 10 nitrogen and oxygen atoms in total. The molecule has 0 unspecified atom stereocenters. The van der Waals surface area contributed by atoms with Crippen molar-refractivity contribution >= 4 is 48.4 Å². The van der Waals surface area contributed by atoms with Gasteiger partial charge in [-0.05, 0) is 62.8 Å². The largest absolute Gasteiger partial charge is 0.320 e. The van der Waals surface area contributed by atoms with Gasteiger partial charge in [0.15, 0.2) is 11.5 Å². The third kappa shape index (κ3) is 6.59.